The fraction of sp³-hybridized carbons (Fsp3) is 1.00. The predicted octanol–water partition coefficient (Wildman–Crippen LogP) is 0.0340. The fourth-order valence-corrected chi connectivity index (χ4v) is 2.47. The van der Waals surface area contributed by atoms with Crippen molar-refractivity contribution in [3.05, 3.63) is 0 Å². The molecule has 3 nitrogen and oxygen atoms in total. The Bertz CT molecular complexity index is 176. The molecular weight excluding hydrogens is 184 g/mol. The van der Waals surface area contributed by atoms with E-state index in [1.165, 1.54) is 0 Å². The Hall–Kier alpha value is 0.0700. The number of hydrogen-bond acceptors (Lipinski definition) is 3. The number of nitrogens with zero attached hydrogens (tertiary/aromatic N) is 1. The van der Waals surface area contributed by atoms with Gasteiger partial charge in [0.15, 0.2) is 0 Å². The summed E-state index contributed by atoms with van der Waals surface area (Å²) in [6.45, 7) is 5.25. The van der Waals surface area contributed by atoms with Gasteiger partial charge < -0.3 is 10.6 Å². The van der Waals surface area contributed by atoms with E-state index in [0.29, 0.717) is 12.0 Å². The molecule has 1 heterocycles. The second-order valence-electron chi connectivity index (χ2n) is 4.14. The van der Waals surface area contributed by atoms with Crippen molar-refractivity contribution >= 4 is 10.8 Å². The highest BCUT2D eigenvalue weighted by Gasteiger charge is 2.21. The number of nitrogens with two attached hydrogens (primary N) is 1. The summed E-state index contributed by atoms with van der Waals surface area (Å²) in [6.07, 6.45) is 2.89. The summed E-state index contributed by atoms with van der Waals surface area (Å²) >= 11 is 0. The van der Waals surface area contributed by atoms with Crippen molar-refractivity contribution in [1.29, 1.82) is 0 Å². The minimum Gasteiger partial charge on any atom is -0.327 e. The van der Waals surface area contributed by atoms with E-state index in [0.717, 1.165) is 31.8 Å². The van der Waals surface area contributed by atoms with E-state index in [2.05, 4.69) is 11.8 Å². The smallest absolute Gasteiger partial charge is 0.0359 e. The lowest BCUT2D eigenvalue weighted by molar-refractivity contribution is 0.174. The van der Waals surface area contributed by atoms with Crippen molar-refractivity contribution in [2.24, 2.45) is 11.7 Å². The molecule has 0 amide bonds. The van der Waals surface area contributed by atoms with Crippen molar-refractivity contribution in [2.45, 2.75) is 19.4 Å². The van der Waals surface area contributed by atoms with Crippen LogP contribution in [0, 0.1) is 5.92 Å². The zero-order valence-corrected chi connectivity index (χ0v) is 9.35. The van der Waals surface area contributed by atoms with Crippen LogP contribution in [0.15, 0.2) is 0 Å². The van der Waals surface area contributed by atoms with Gasteiger partial charge in [-0.15, -0.1) is 0 Å². The van der Waals surface area contributed by atoms with Gasteiger partial charge in [-0.1, -0.05) is 6.92 Å². The van der Waals surface area contributed by atoms with Crippen molar-refractivity contribution < 1.29 is 4.21 Å². The summed E-state index contributed by atoms with van der Waals surface area (Å²) in [5, 5.41) is 0. The zero-order valence-electron chi connectivity index (χ0n) is 8.53. The average molecular weight is 204 g/mol. The topological polar surface area (TPSA) is 46.3 Å². The molecule has 0 bridgehead atoms. The zero-order chi connectivity index (χ0) is 9.84. The lowest BCUT2D eigenvalue weighted by atomic mass is 9.97. The SMILES string of the molecule is CC1CC(N)CN(CCS(C)=O)C1. The number of piperidine rings is 1. The summed E-state index contributed by atoms with van der Waals surface area (Å²) in [4.78, 5) is 2.33. The van der Waals surface area contributed by atoms with Crippen LogP contribution in [0.25, 0.3) is 0 Å². The molecule has 4 heteroatoms. The monoisotopic (exact) mass is 204 g/mol. The summed E-state index contributed by atoms with van der Waals surface area (Å²) < 4.78 is 10.9. The van der Waals surface area contributed by atoms with E-state index in [1.54, 1.807) is 6.26 Å². The highest BCUT2D eigenvalue weighted by molar-refractivity contribution is 7.84. The molecule has 78 valence electrons. The van der Waals surface area contributed by atoms with Crippen LogP contribution in [0.3, 0.4) is 0 Å². The highest BCUT2D eigenvalue weighted by Crippen LogP contribution is 2.14. The molecule has 0 spiro atoms. The van der Waals surface area contributed by atoms with Gasteiger partial charge >= 0.3 is 0 Å². The Kier molecular flexibility index (Phi) is 4.35. The molecule has 0 saturated carbocycles. The third kappa shape index (κ3) is 4.20. The lowest BCUT2D eigenvalue weighted by Gasteiger charge is -2.34. The van der Waals surface area contributed by atoms with Crippen LogP contribution in [-0.4, -0.2) is 46.8 Å². The summed E-state index contributed by atoms with van der Waals surface area (Å²) in [5.41, 5.74) is 5.90. The Morgan fingerprint density at radius 1 is 1.54 bits per heavy atom. The van der Waals surface area contributed by atoms with Gasteiger partial charge in [-0.05, 0) is 12.3 Å². The molecule has 0 aromatic heterocycles. The molecule has 0 aromatic rings. The van der Waals surface area contributed by atoms with E-state index in [-0.39, 0.29) is 0 Å². The van der Waals surface area contributed by atoms with E-state index >= 15 is 0 Å². The quantitative estimate of drug-likeness (QED) is 0.706. The van der Waals surface area contributed by atoms with Crippen molar-refractivity contribution in [1.82, 2.24) is 4.90 Å². The maximum absolute atomic E-state index is 10.9. The van der Waals surface area contributed by atoms with Gasteiger partial charge in [0.05, 0.1) is 0 Å². The summed E-state index contributed by atoms with van der Waals surface area (Å²) in [5.74, 6) is 1.47. The normalized spacial score (nSPS) is 33.2. The van der Waals surface area contributed by atoms with Crippen LogP contribution < -0.4 is 5.73 Å². The van der Waals surface area contributed by atoms with Gasteiger partial charge in [0.25, 0.3) is 0 Å². The predicted molar refractivity (Wildman–Crippen MR) is 57.1 cm³/mol. The molecular formula is C9H20N2OS. The molecule has 1 fully saturated rings. The molecule has 1 saturated heterocycles. The van der Waals surface area contributed by atoms with Gasteiger partial charge in [0, 0.05) is 48.5 Å². The molecule has 13 heavy (non-hydrogen) atoms. The minimum absolute atomic E-state index is 0.314. The first kappa shape index (κ1) is 11.1. The molecule has 1 aliphatic heterocycles. The molecule has 3 unspecified atom stereocenters. The first-order chi connectivity index (χ1) is 6.08. The molecule has 1 rings (SSSR count). The largest absolute Gasteiger partial charge is 0.327 e. The number of rotatable bonds is 3. The summed E-state index contributed by atoms with van der Waals surface area (Å²) in [6, 6.07) is 0.314. The van der Waals surface area contributed by atoms with Crippen molar-refractivity contribution in [2.75, 3.05) is 31.6 Å². The van der Waals surface area contributed by atoms with Crippen LogP contribution >= 0.6 is 0 Å². The Morgan fingerprint density at radius 3 is 2.77 bits per heavy atom. The van der Waals surface area contributed by atoms with Crippen LogP contribution in [0.4, 0.5) is 0 Å². The van der Waals surface area contributed by atoms with Gasteiger partial charge in [0.2, 0.25) is 0 Å². The molecule has 1 aliphatic rings. The second kappa shape index (κ2) is 5.08. The maximum atomic E-state index is 10.9. The van der Waals surface area contributed by atoms with Crippen LogP contribution in [0.2, 0.25) is 0 Å². The van der Waals surface area contributed by atoms with Crippen molar-refractivity contribution in [3.8, 4) is 0 Å². The first-order valence-corrected chi connectivity index (χ1v) is 6.58. The molecule has 0 aromatic carbocycles. The van der Waals surface area contributed by atoms with Gasteiger partial charge in [0.1, 0.15) is 0 Å². The van der Waals surface area contributed by atoms with E-state index < -0.39 is 10.8 Å². The van der Waals surface area contributed by atoms with Gasteiger partial charge in [-0.2, -0.15) is 0 Å². The Labute approximate surface area is 83.1 Å². The Morgan fingerprint density at radius 2 is 2.23 bits per heavy atom. The van der Waals surface area contributed by atoms with E-state index in [1.807, 2.05) is 0 Å². The van der Waals surface area contributed by atoms with E-state index in [4.69, 9.17) is 5.73 Å². The van der Waals surface area contributed by atoms with Crippen LogP contribution in [-0.2, 0) is 10.8 Å². The van der Waals surface area contributed by atoms with Gasteiger partial charge in [-0.3, -0.25) is 4.21 Å². The second-order valence-corrected chi connectivity index (χ2v) is 5.69. The molecule has 0 aliphatic carbocycles. The maximum Gasteiger partial charge on any atom is 0.0359 e. The summed E-state index contributed by atoms with van der Waals surface area (Å²) in [7, 11) is -0.672. The minimum atomic E-state index is -0.672. The average Bonchev–Trinajstić information content (AvgIpc) is 1.99. The first-order valence-electron chi connectivity index (χ1n) is 4.86. The third-order valence-corrected chi connectivity index (χ3v) is 3.22. The fourth-order valence-electron chi connectivity index (χ4n) is 1.95. The Balaban J connectivity index is 2.28. The van der Waals surface area contributed by atoms with Crippen LogP contribution in [0.1, 0.15) is 13.3 Å². The number of hydrogen-bond donors (Lipinski definition) is 1. The number of likely N-dealkylation sites (tertiary alicyclic amines) is 1. The van der Waals surface area contributed by atoms with Gasteiger partial charge in [-0.25, -0.2) is 0 Å². The van der Waals surface area contributed by atoms with Crippen LogP contribution in [0.5, 0.6) is 0 Å². The molecule has 0 radical (unpaired) electrons. The standard InChI is InChI=1S/C9H20N2OS/c1-8-5-9(10)7-11(6-8)3-4-13(2)12/h8-9H,3-7,10H2,1-2H3. The highest BCUT2D eigenvalue weighted by atomic mass is 32.2. The molecule has 3 atom stereocenters. The third-order valence-electron chi connectivity index (χ3n) is 2.46. The lowest BCUT2D eigenvalue weighted by Crippen LogP contribution is -2.47. The van der Waals surface area contributed by atoms with E-state index in [9.17, 15) is 4.21 Å². The van der Waals surface area contributed by atoms with Crippen molar-refractivity contribution in [3.63, 3.8) is 0 Å². The molecule has 2 N–H and O–H groups in total.